The van der Waals surface area contributed by atoms with Crippen molar-refractivity contribution in [3.63, 3.8) is 0 Å². The molecular formula is C13H25NO2. The molecule has 3 nitrogen and oxygen atoms in total. The Labute approximate surface area is 98.8 Å². The number of carboxylic acids is 1. The van der Waals surface area contributed by atoms with Gasteiger partial charge in [-0.2, -0.15) is 0 Å². The van der Waals surface area contributed by atoms with E-state index in [0.29, 0.717) is 12.0 Å². The maximum atomic E-state index is 11.6. The van der Waals surface area contributed by atoms with Crippen molar-refractivity contribution in [1.82, 2.24) is 4.90 Å². The van der Waals surface area contributed by atoms with Gasteiger partial charge in [-0.1, -0.05) is 33.1 Å². The Balaban J connectivity index is 2.88. The van der Waals surface area contributed by atoms with Gasteiger partial charge in [0, 0.05) is 6.04 Å². The van der Waals surface area contributed by atoms with E-state index in [4.69, 9.17) is 0 Å². The fraction of sp³-hybridized carbons (Fsp3) is 0.923. The Morgan fingerprint density at radius 3 is 2.06 bits per heavy atom. The lowest BCUT2D eigenvalue weighted by molar-refractivity contribution is -0.155. The van der Waals surface area contributed by atoms with Crippen LogP contribution in [0.25, 0.3) is 0 Å². The lowest BCUT2D eigenvalue weighted by atomic mass is 9.79. The number of rotatable bonds is 4. The summed E-state index contributed by atoms with van der Waals surface area (Å²) in [7, 11) is 1.98. The van der Waals surface area contributed by atoms with Crippen molar-refractivity contribution >= 4 is 5.97 Å². The van der Waals surface area contributed by atoms with Gasteiger partial charge in [0.05, 0.1) is 0 Å². The van der Waals surface area contributed by atoms with Crippen LogP contribution in [-0.2, 0) is 4.79 Å². The van der Waals surface area contributed by atoms with Gasteiger partial charge in [-0.15, -0.1) is 0 Å². The number of hydrogen-bond acceptors (Lipinski definition) is 2. The van der Waals surface area contributed by atoms with Crippen molar-refractivity contribution in [2.24, 2.45) is 5.92 Å². The monoisotopic (exact) mass is 227 g/mol. The predicted octanol–water partition coefficient (Wildman–Crippen LogP) is 2.75. The lowest BCUT2D eigenvalue weighted by Gasteiger charge is -2.45. The second-order valence-corrected chi connectivity index (χ2v) is 5.49. The van der Waals surface area contributed by atoms with Crippen molar-refractivity contribution in [2.45, 2.75) is 64.5 Å². The molecule has 0 bridgehead atoms. The lowest BCUT2D eigenvalue weighted by Crippen LogP contribution is -2.58. The van der Waals surface area contributed by atoms with Crippen molar-refractivity contribution in [3.05, 3.63) is 0 Å². The first kappa shape index (κ1) is 13.5. The highest BCUT2D eigenvalue weighted by atomic mass is 16.4. The molecule has 16 heavy (non-hydrogen) atoms. The predicted molar refractivity (Wildman–Crippen MR) is 65.5 cm³/mol. The second kappa shape index (κ2) is 5.17. The van der Waals surface area contributed by atoms with E-state index in [1.54, 1.807) is 0 Å². The molecule has 0 amide bonds. The summed E-state index contributed by atoms with van der Waals surface area (Å²) in [5.74, 6) is -0.148. The van der Waals surface area contributed by atoms with Gasteiger partial charge in [-0.25, -0.2) is 0 Å². The van der Waals surface area contributed by atoms with E-state index in [2.05, 4.69) is 25.7 Å². The van der Waals surface area contributed by atoms with E-state index < -0.39 is 11.5 Å². The minimum absolute atomic E-state index is 0.314. The maximum Gasteiger partial charge on any atom is 0.324 e. The molecule has 3 heteroatoms. The molecule has 1 atom stereocenters. The summed E-state index contributed by atoms with van der Waals surface area (Å²) in [5.41, 5.74) is -0.609. The van der Waals surface area contributed by atoms with E-state index in [1.807, 2.05) is 7.05 Å². The molecule has 1 aliphatic rings. The third-order valence-electron chi connectivity index (χ3n) is 4.33. The minimum Gasteiger partial charge on any atom is -0.480 e. The molecule has 0 aromatic rings. The van der Waals surface area contributed by atoms with E-state index in [1.165, 1.54) is 6.42 Å². The number of carboxylic acid groups (broad SMARTS) is 1. The molecule has 1 aliphatic carbocycles. The fourth-order valence-electron chi connectivity index (χ4n) is 2.69. The SMILES string of the molecule is CC(C)C(C)N(C)C1(C(=O)O)CCCCC1. The largest absolute Gasteiger partial charge is 0.480 e. The highest BCUT2D eigenvalue weighted by molar-refractivity contribution is 5.79. The van der Waals surface area contributed by atoms with Gasteiger partial charge in [0.2, 0.25) is 0 Å². The number of carbonyl (C=O) groups is 1. The second-order valence-electron chi connectivity index (χ2n) is 5.49. The highest BCUT2D eigenvalue weighted by Gasteiger charge is 2.45. The van der Waals surface area contributed by atoms with E-state index >= 15 is 0 Å². The Bertz CT molecular complexity index is 244. The molecule has 1 unspecified atom stereocenters. The van der Waals surface area contributed by atoms with Gasteiger partial charge >= 0.3 is 5.97 Å². The topological polar surface area (TPSA) is 40.5 Å². The Hall–Kier alpha value is -0.570. The summed E-state index contributed by atoms with van der Waals surface area (Å²) in [4.78, 5) is 13.7. The molecule has 0 spiro atoms. The molecule has 0 aromatic carbocycles. The van der Waals surface area contributed by atoms with Gasteiger partial charge < -0.3 is 5.11 Å². The van der Waals surface area contributed by atoms with Crippen molar-refractivity contribution in [3.8, 4) is 0 Å². The van der Waals surface area contributed by atoms with Gasteiger partial charge in [-0.05, 0) is 32.7 Å². The number of likely N-dealkylation sites (N-methyl/N-ethyl adjacent to an activating group) is 1. The maximum absolute atomic E-state index is 11.6. The van der Waals surface area contributed by atoms with Crippen LogP contribution in [0, 0.1) is 5.92 Å². The van der Waals surface area contributed by atoms with Crippen LogP contribution in [0.5, 0.6) is 0 Å². The van der Waals surface area contributed by atoms with Crippen molar-refractivity contribution in [2.75, 3.05) is 7.05 Å². The Morgan fingerprint density at radius 1 is 1.19 bits per heavy atom. The average Bonchev–Trinajstić information content (AvgIpc) is 2.27. The normalized spacial score (nSPS) is 22.4. The summed E-state index contributed by atoms with van der Waals surface area (Å²) < 4.78 is 0. The molecule has 1 saturated carbocycles. The highest BCUT2D eigenvalue weighted by Crippen LogP contribution is 2.35. The summed E-state index contributed by atoms with van der Waals surface area (Å²) >= 11 is 0. The van der Waals surface area contributed by atoms with E-state index in [0.717, 1.165) is 25.7 Å². The zero-order valence-electron chi connectivity index (χ0n) is 11.0. The molecule has 1 rings (SSSR count). The standard InChI is InChI=1S/C13H25NO2/c1-10(2)11(3)14(4)13(12(15)16)8-6-5-7-9-13/h10-11H,5-9H2,1-4H3,(H,15,16). The third kappa shape index (κ3) is 2.40. The number of aliphatic carboxylic acids is 1. The molecule has 0 radical (unpaired) electrons. The van der Waals surface area contributed by atoms with Gasteiger partial charge in [0.1, 0.15) is 5.54 Å². The van der Waals surface area contributed by atoms with Crippen LogP contribution in [-0.4, -0.2) is 34.6 Å². The zero-order valence-corrected chi connectivity index (χ0v) is 11.0. The first-order valence-electron chi connectivity index (χ1n) is 6.38. The molecule has 94 valence electrons. The third-order valence-corrected chi connectivity index (χ3v) is 4.33. The first-order valence-corrected chi connectivity index (χ1v) is 6.38. The van der Waals surface area contributed by atoms with Crippen LogP contribution in [0.2, 0.25) is 0 Å². The molecule has 1 fully saturated rings. The van der Waals surface area contributed by atoms with Crippen LogP contribution >= 0.6 is 0 Å². The fourth-order valence-corrected chi connectivity index (χ4v) is 2.69. The molecular weight excluding hydrogens is 202 g/mol. The molecule has 0 aromatic heterocycles. The van der Waals surface area contributed by atoms with E-state index in [-0.39, 0.29) is 0 Å². The Morgan fingerprint density at radius 2 is 1.69 bits per heavy atom. The first-order chi connectivity index (χ1) is 7.42. The summed E-state index contributed by atoms with van der Waals surface area (Å²) in [5, 5.41) is 9.55. The summed E-state index contributed by atoms with van der Waals surface area (Å²) in [6, 6.07) is 0.314. The van der Waals surface area contributed by atoms with Crippen molar-refractivity contribution in [1.29, 1.82) is 0 Å². The zero-order chi connectivity index (χ0) is 12.3. The number of hydrogen-bond donors (Lipinski definition) is 1. The minimum atomic E-state index is -0.637. The van der Waals surface area contributed by atoms with Crippen LogP contribution in [0.1, 0.15) is 52.9 Å². The summed E-state index contributed by atoms with van der Waals surface area (Å²) in [6.45, 7) is 6.43. The van der Waals surface area contributed by atoms with Crippen LogP contribution < -0.4 is 0 Å². The van der Waals surface area contributed by atoms with Gasteiger partial charge in [0.15, 0.2) is 0 Å². The molecule has 0 aliphatic heterocycles. The smallest absolute Gasteiger partial charge is 0.324 e. The van der Waals surface area contributed by atoms with Crippen LogP contribution in [0.3, 0.4) is 0 Å². The summed E-state index contributed by atoms with van der Waals surface area (Å²) in [6.07, 6.45) is 4.87. The number of nitrogens with zero attached hydrogens (tertiary/aromatic N) is 1. The van der Waals surface area contributed by atoms with Crippen molar-refractivity contribution < 1.29 is 9.90 Å². The molecule has 0 saturated heterocycles. The molecule has 0 heterocycles. The Kier molecular flexibility index (Phi) is 4.36. The van der Waals surface area contributed by atoms with E-state index in [9.17, 15) is 9.90 Å². The molecule has 1 N–H and O–H groups in total. The quantitative estimate of drug-likeness (QED) is 0.803. The average molecular weight is 227 g/mol. The van der Waals surface area contributed by atoms with Crippen LogP contribution in [0.4, 0.5) is 0 Å². The van der Waals surface area contributed by atoms with Crippen LogP contribution in [0.15, 0.2) is 0 Å². The van der Waals surface area contributed by atoms with Gasteiger partial charge in [0.25, 0.3) is 0 Å². The van der Waals surface area contributed by atoms with Gasteiger partial charge in [-0.3, -0.25) is 9.69 Å².